The molecule has 3 nitrogen and oxygen atoms in total. The molecule has 1 aromatic carbocycles. The quantitative estimate of drug-likeness (QED) is 0.774. The van der Waals surface area contributed by atoms with E-state index in [0.29, 0.717) is 0 Å². The Morgan fingerprint density at radius 1 is 1.28 bits per heavy atom. The van der Waals surface area contributed by atoms with Gasteiger partial charge in [0.2, 0.25) is 0 Å². The highest BCUT2D eigenvalue weighted by Crippen LogP contribution is 2.14. The number of nitrogens with one attached hydrogen (secondary N) is 1. The molecule has 2 rings (SSSR count). The minimum absolute atomic E-state index is 1.03. The third-order valence-electron chi connectivity index (χ3n) is 2.72. The summed E-state index contributed by atoms with van der Waals surface area (Å²) in [6.45, 7) is 1.03. The monoisotopic (exact) mass is 261 g/mol. The predicted octanol–water partition coefficient (Wildman–Crippen LogP) is 3.43. The molecular formula is C14H19N3S. The van der Waals surface area contributed by atoms with Gasteiger partial charge in [-0.1, -0.05) is 6.07 Å². The Labute approximate surface area is 113 Å². The number of hydrogen-bond donors (Lipinski definition) is 1. The summed E-state index contributed by atoms with van der Waals surface area (Å²) in [7, 11) is 0. The van der Waals surface area contributed by atoms with E-state index in [1.807, 2.05) is 28.7 Å². The number of unbranched alkanes of at least 4 members (excludes halogenated alkanes) is 1. The fraction of sp³-hybridized carbons (Fsp3) is 0.357. The number of anilines is 1. The molecule has 4 heteroatoms. The molecule has 0 fully saturated rings. The molecule has 0 atom stereocenters. The van der Waals surface area contributed by atoms with Crippen LogP contribution in [0.3, 0.4) is 0 Å². The lowest BCUT2D eigenvalue weighted by Gasteiger charge is -2.08. The van der Waals surface area contributed by atoms with Gasteiger partial charge in [0.15, 0.2) is 0 Å². The molecule has 96 valence electrons. The van der Waals surface area contributed by atoms with Crippen molar-refractivity contribution >= 4 is 17.4 Å². The molecular weight excluding hydrogens is 242 g/mol. The molecule has 0 saturated heterocycles. The summed E-state index contributed by atoms with van der Waals surface area (Å²) < 4.78 is 1.87. The third kappa shape index (κ3) is 3.81. The van der Waals surface area contributed by atoms with E-state index in [9.17, 15) is 0 Å². The lowest BCUT2D eigenvalue weighted by atomic mass is 10.2. The Morgan fingerprint density at radius 3 is 3.00 bits per heavy atom. The minimum Gasteiger partial charge on any atom is -0.385 e. The Kier molecular flexibility index (Phi) is 5.15. The standard InChI is InChI=1S/C14H19N3S/c1-18-11-3-2-8-15-13-6-4-7-14(12-13)17-10-5-9-16-17/h4-7,9-10,12,15H,2-3,8,11H2,1H3. The van der Waals surface area contributed by atoms with Crippen molar-refractivity contribution in [1.82, 2.24) is 9.78 Å². The second kappa shape index (κ2) is 7.11. The Bertz CT molecular complexity index is 454. The SMILES string of the molecule is CSCCCCNc1cccc(-n2cccn2)c1. The van der Waals surface area contributed by atoms with Crippen LogP contribution < -0.4 is 5.32 Å². The fourth-order valence-corrected chi connectivity index (χ4v) is 2.28. The average molecular weight is 261 g/mol. The van der Waals surface area contributed by atoms with Gasteiger partial charge in [-0.25, -0.2) is 4.68 Å². The van der Waals surface area contributed by atoms with Crippen molar-refractivity contribution in [2.45, 2.75) is 12.8 Å². The topological polar surface area (TPSA) is 29.9 Å². The summed E-state index contributed by atoms with van der Waals surface area (Å²) >= 11 is 1.91. The molecule has 0 bridgehead atoms. The highest BCUT2D eigenvalue weighted by Gasteiger charge is 1.97. The largest absolute Gasteiger partial charge is 0.385 e. The lowest BCUT2D eigenvalue weighted by Crippen LogP contribution is -2.03. The van der Waals surface area contributed by atoms with Crippen molar-refractivity contribution in [1.29, 1.82) is 0 Å². The van der Waals surface area contributed by atoms with E-state index in [2.05, 4.69) is 40.9 Å². The van der Waals surface area contributed by atoms with E-state index in [-0.39, 0.29) is 0 Å². The van der Waals surface area contributed by atoms with Crippen LogP contribution in [0.1, 0.15) is 12.8 Å². The van der Waals surface area contributed by atoms with Crippen LogP contribution in [0.25, 0.3) is 5.69 Å². The van der Waals surface area contributed by atoms with Crippen LogP contribution in [0, 0.1) is 0 Å². The number of hydrogen-bond acceptors (Lipinski definition) is 3. The van der Waals surface area contributed by atoms with Crippen LogP contribution >= 0.6 is 11.8 Å². The van der Waals surface area contributed by atoms with Crippen molar-refractivity contribution in [2.75, 3.05) is 23.9 Å². The van der Waals surface area contributed by atoms with E-state index in [1.165, 1.54) is 18.6 Å². The van der Waals surface area contributed by atoms with Crippen molar-refractivity contribution in [3.63, 3.8) is 0 Å². The van der Waals surface area contributed by atoms with E-state index in [1.54, 1.807) is 6.20 Å². The molecule has 1 heterocycles. The second-order valence-electron chi connectivity index (χ2n) is 4.13. The lowest BCUT2D eigenvalue weighted by molar-refractivity contribution is 0.842. The maximum absolute atomic E-state index is 4.23. The molecule has 0 radical (unpaired) electrons. The number of rotatable bonds is 7. The molecule has 0 amide bonds. The maximum Gasteiger partial charge on any atom is 0.0666 e. The van der Waals surface area contributed by atoms with E-state index in [0.717, 1.165) is 17.9 Å². The van der Waals surface area contributed by atoms with Crippen molar-refractivity contribution in [2.24, 2.45) is 0 Å². The van der Waals surface area contributed by atoms with Gasteiger partial charge in [-0.3, -0.25) is 0 Å². The minimum atomic E-state index is 1.03. The Hall–Kier alpha value is -1.42. The highest BCUT2D eigenvalue weighted by atomic mass is 32.2. The molecule has 0 unspecified atom stereocenters. The van der Waals surface area contributed by atoms with Gasteiger partial charge in [-0.05, 0) is 49.1 Å². The molecule has 1 aromatic heterocycles. The molecule has 1 N–H and O–H groups in total. The van der Waals surface area contributed by atoms with Crippen LogP contribution in [0.4, 0.5) is 5.69 Å². The van der Waals surface area contributed by atoms with E-state index >= 15 is 0 Å². The first-order valence-corrected chi connectivity index (χ1v) is 7.62. The van der Waals surface area contributed by atoms with Gasteiger partial charge in [-0.15, -0.1) is 0 Å². The molecule has 0 aliphatic rings. The van der Waals surface area contributed by atoms with Crippen LogP contribution in [0.5, 0.6) is 0 Å². The smallest absolute Gasteiger partial charge is 0.0666 e. The van der Waals surface area contributed by atoms with Gasteiger partial charge in [-0.2, -0.15) is 16.9 Å². The number of nitrogens with zero attached hydrogens (tertiary/aromatic N) is 2. The first kappa shape index (κ1) is 13.0. The first-order chi connectivity index (χ1) is 8.90. The molecule has 18 heavy (non-hydrogen) atoms. The number of aromatic nitrogens is 2. The van der Waals surface area contributed by atoms with Crippen LogP contribution in [0.15, 0.2) is 42.7 Å². The predicted molar refractivity (Wildman–Crippen MR) is 79.7 cm³/mol. The zero-order valence-electron chi connectivity index (χ0n) is 10.7. The zero-order chi connectivity index (χ0) is 12.6. The Balaban J connectivity index is 1.88. The molecule has 0 aliphatic carbocycles. The Morgan fingerprint density at radius 2 is 2.22 bits per heavy atom. The fourth-order valence-electron chi connectivity index (χ4n) is 1.78. The van der Waals surface area contributed by atoms with Crippen molar-refractivity contribution < 1.29 is 0 Å². The summed E-state index contributed by atoms with van der Waals surface area (Å²) in [6, 6.07) is 10.3. The maximum atomic E-state index is 4.23. The number of benzene rings is 1. The van der Waals surface area contributed by atoms with Crippen molar-refractivity contribution in [3.8, 4) is 5.69 Å². The zero-order valence-corrected chi connectivity index (χ0v) is 11.5. The third-order valence-corrected chi connectivity index (χ3v) is 3.42. The summed E-state index contributed by atoms with van der Waals surface area (Å²) in [5.74, 6) is 1.25. The second-order valence-corrected chi connectivity index (χ2v) is 5.11. The summed E-state index contributed by atoms with van der Waals surface area (Å²) in [4.78, 5) is 0. The summed E-state index contributed by atoms with van der Waals surface area (Å²) in [6.07, 6.45) is 8.39. The van der Waals surface area contributed by atoms with Gasteiger partial charge in [0.05, 0.1) is 5.69 Å². The number of thioether (sulfide) groups is 1. The summed E-state index contributed by atoms with van der Waals surface area (Å²) in [5.41, 5.74) is 2.25. The van der Waals surface area contributed by atoms with Gasteiger partial charge < -0.3 is 5.32 Å². The van der Waals surface area contributed by atoms with Crippen LogP contribution in [0.2, 0.25) is 0 Å². The molecule has 0 aliphatic heterocycles. The average Bonchev–Trinajstić information content (AvgIpc) is 2.93. The van der Waals surface area contributed by atoms with Crippen LogP contribution in [-0.4, -0.2) is 28.3 Å². The van der Waals surface area contributed by atoms with Gasteiger partial charge in [0.1, 0.15) is 0 Å². The molecule has 0 saturated carbocycles. The van der Waals surface area contributed by atoms with Crippen molar-refractivity contribution in [3.05, 3.63) is 42.7 Å². The normalized spacial score (nSPS) is 10.5. The first-order valence-electron chi connectivity index (χ1n) is 6.23. The van der Waals surface area contributed by atoms with E-state index in [4.69, 9.17) is 0 Å². The molecule has 0 spiro atoms. The van der Waals surface area contributed by atoms with Gasteiger partial charge in [0, 0.05) is 24.6 Å². The van der Waals surface area contributed by atoms with Gasteiger partial charge in [0.25, 0.3) is 0 Å². The summed E-state index contributed by atoms with van der Waals surface area (Å²) in [5, 5.41) is 7.69. The molecule has 2 aromatic rings. The van der Waals surface area contributed by atoms with Gasteiger partial charge >= 0.3 is 0 Å². The van der Waals surface area contributed by atoms with Crippen LogP contribution in [-0.2, 0) is 0 Å². The van der Waals surface area contributed by atoms with E-state index < -0.39 is 0 Å². The highest BCUT2D eigenvalue weighted by molar-refractivity contribution is 7.98.